The monoisotopic (exact) mass is 350 g/mol. The predicted molar refractivity (Wildman–Crippen MR) is 92.2 cm³/mol. The molecule has 0 spiro atoms. The predicted octanol–water partition coefficient (Wildman–Crippen LogP) is 3.22. The van der Waals surface area contributed by atoms with Gasteiger partial charge in [0.05, 0.1) is 18.2 Å². The van der Waals surface area contributed by atoms with E-state index in [1.165, 1.54) is 12.2 Å². The number of nitrogens with zero attached hydrogens (tertiary/aromatic N) is 1. The molecule has 1 aromatic carbocycles. The van der Waals surface area contributed by atoms with Gasteiger partial charge in [0.1, 0.15) is 5.70 Å². The lowest BCUT2D eigenvalue weighted by molar-refractivity contribution is -0.122. The third-order valence-corrected chi connectivity index (χ3v) is 3.56. The van der Waals surface area contributed by atoms with E-state index in [2.05, 4.69) is 11.9 Å². The summed E-state index contributed by atoms with van der Waals surface area (Å²) in [5.41, 5.74) is 0.697. The van der Waals surface area contributed by atoms with Crippen LogP contribution in [-0.4, -0.2) is 36.6 Å². The molecule has 1 heterocycles. The van der Waals surface area contributed by atoms with Crippen LogP contribution in [0.25, 0.3) is 6.08 Å². The summed E-state index contributed by atoms with van der Waals surface area (Å²) >= 11 is 6.26. The summed E-state index contributed by atoms with van der Waals surface area (Å²) in [5, 5.41) is 2.91. The highest BCUT2D eigenvalue weighted by Crippen LogP contribution is 2.35. The molecule has 3 amide bonds. The summed E-state index contributed by atoms with van der Waals surface area (Å²) in [6.45, 7) is 8.32. The second-order valence-electron chi connectivity index (χ2n) is 4.88. The molecule has 1 aliphatic heterocycles. The molecule has 1 saturated heterocycles. The zero-order chi connectivity index (χ0) is 17.7. The molecule has 0 bridgehead atoms. The number of urea groups is 1. The number of hydrogen-bond acceptors (Lipinski definition) is 4. The van der Waals surface area contributed by atoms with Gasteiger partial charge in [-0.2, -0.15) is 0 Å². The fraction of sp³-hybridized carbons (Fsp3) is 0.294. The van der Waals surface area contributed by atoms with Crippen LogP contribution in [-0.2, 0) is 4.79 Å². The van der Waals surface area contributed by atoms with E-state index in [9.17, 15) is 9.59 Å². The van der Waals surface area contributed by atoms with E-state index < -0.39 is 11.9 Å². The number of hydrogen-bond donors (Lipinski definition) is 1. The Hall–Kier alpha value is -2.47. The third kappa shape index (κ3) is 3.71. The van der Waals surface area contributed by atoms with Crippen molar-refractivity contribution in [1.29, 1.82) is 0 Å². The number of imide groups is 1. The topological polar surface area (TPSA) is 67.9 Å². The molecule has 7 heteroatoms. The van der Waals surface area contributed by atoms with Crippen LogP contribution in [0, 0.1) is 0 Å². The Bertz CT molecular complexity index is 700. The molecule has 0 aromatic heterocycles. The SMILES string of the molecule is C=CCN1C(=O)N/C(=C/c2cc(OCC)c(OCC)cc2Cl)C1=O. The summed E-state index contributed by atoms with van der Waals surface area (Å²) in [5.74, 6) is 0.625. The van der Waals surface area contributed by atoms with Crippen LogP contribution >= 0.6 is 11.6 Å². The summed E-state index contributed by atoms with van der Waals surface area (Å²) in [4.78, 5) is 25.1. The Kier molecular flexibility index (Phi) is 5.87. The number of rotatable bonds is 7. The number of amides is 3. The molecule has 128 valence electrons. The van der Waals surface area contributed by atoms with Crippen molar-refractivity contribution >= 4 is 29.6 Å². The first kappa shape index (κ1) is 17.9. The van der Waals surface area contributed by atoms with Gasteiger partial charge in [0.15, 0.2) is 11.5 Å². The number of benzene rings is 1. The second-order valence-corrected chi connectivity index (χ2v) is 5.29. The van der Waals surface area contributed by atoms with Gasteiger partial charge in [-0.3, -0.25) is 9.69 Å². The van der Waals surface area contributed by atoms with Crippen LogP contribution in [0.5, 0.6) is 11.5 Å². The Morgan fingerprint density at radius 1 is 1.21 bits per heavy atom. The molecule has 0 radical (unpaired) electrons. The van der Waals surface area contributed by atoms with Gasteiger partial charge in [0.2, 0.25) is 0 Å². The molecule has 1 fully saturated rings. The van der Waals surface area contributed by atoms with Crippen LogP contribution in [0.1, 0.15) is 19.4 Å². The molecule has 1 N–H and O–H groups in total. The van der Waals surface area contributed by atoms with E-state index in [1.807, 2.05) is 13.8 Å². The molecule has 0 aliphatic carbocycles. The number of nitrogens with one attached hydrogen (secondary N) is 1. The molecule has 1 aromatic rings. The Labute approximate surface area is 145 Å². The largest absolute Gasteiger partial charge is 0.490 e. The quantitative estimate of drug-likeness (QED) is 0.466. The van der Waals surface area contributed by atoms with Crippen LogP contribution in [0.4, 0.5) is 4.79 Å². The lowest BCUT2D eigenvalue weighted by Gasteiger charge is -2.13. The van der Waals surface area contributed by atoms with E-state index in [1.54, 1.807) is 12.1 Å². The first-order valence-electron chi connectivity index (χ1n) is 7.56. The van der Waals surface area contributed by atoms with E-state index in [0.717, 1.165) is 4.90 Å². The van der Waals surface area contributed by atoms with Gasteiger partial charge in [-0.15, -0.1) is 6.58 Å². The molecule has 0 atom stereocenters. The molecule has 6 nitrogen and oxygen atoms in total. The smallest absolute Gasteiger partial charge is 0.329 e. The van der Waals surface area contributed by atoms with Gasteiger partial charge in [0.25, 0.3) is 5.91 Å². The molecular weight excluding hydrogens is 332 g/mol. The number of ether oxygens (including phenoxy) is 2. The summed E-state index contributed by atoms with van der Waals surface area (Å²) in [6, 6.07) is 2.82. The average molecular weight is 351 g/mol. The Morgan fingerprint density at radius 3 is 2.42 bits per heavy atom. The maximum Gasteiger partial charge on any atom is 0.329 e. The van der Waals surface area contributed by atoms with Crippen molar-refractivity contribution in [2.75, 3.05) is 19.8 Å². The van der Waals surface area contributed by atoms with Crippen LogP contribution < -0.4 is 14.8 Å². The van der Waals surface area contributed by atoms with Crippen molar-refractivity contribution in [3.8, 4) is 11.5 Å². The van der Waals surface area contributed by atoms with E-state index >= 15 is 0 Å². The van der Waals surface area contributed by atoms with Crippen molar-refractivity contribution in [3.63, 3.8) is 0 Å². The fourth-order valence-corrected chi connectivity index (χ4v) is 2.43. The highest BCUT2D eigenvalue weighted by molar-refractivity contribution is 6.32. The van der Waals surface area contributed by atoms with Gasteiger partial charge in [0, 0.05) is 12.6 Å². The van der Waals surface area contributed by atoms with Crippen LogP contribution in [0.3, 0.4) is 0 Å². The first-order chi connectivity index (χ1) is 11.5. The van der Waals surface area contributed by atoms with Crippen molar-refractivity contribution in [2.24, 2.45) is 0 Å². The maximum atomic E-state index is 12.2. The third-order valence-electron chi connectivity index (χ3n) is 3.24. The minimum Gasteiger partial charge on any atom is -0.490 e. The van der Waals surface area contributed by atoms with Gasteiger partial charge >= 0.3 is 6.03 Å². The number of halogens is 1. The van der Waals surface area contributed by atoms with Gasteiger partial charge in [-0.25, -0.2) is 4.79 Å². The average Bonchev–Trinajstić information content (AvgIpc) is 2.80. The zero-order valence-corrected chi connectivity index (χ0v) is 14.4. The lowest BCUT2D eigenvalue weighted by Crippen LogP contribution is -2.30. The second kappa shape index (κ2) is 7.88. The molecule has 1 aliphatic rings. The molecule has 24 heavy (non-hydrogen) atoms. The highest BCUT2D eigenvalue weighted by atomic mass is 35.5. The zero-order valence-electron chi connectivity index (χ0n) is 13.6. The van der Waals surface area contributed by atoms with E-state index in [0.29, 0.717) is 35.3 Å². The molecule has 2 rings (SSSR count). The Balaban J connectivity index is 2.38. The summed E-state index contributed by atoms with van der Waals surface area (Å²) in [7, 11) is 0. The summed E-state index contributed by atoms with van der Waals surface area (Å²) < 4.78 is 11.0. The van der Waals surface area contributed by atoms with Crippen LogP contribution in [0.15, 0.2) is 30.5 Å². The van der Waals surface area contributed by atoms with Crippen molar-refractivity contribution in [3.05, 3.63) is 41.1 Å². The van der Waals surface area contributed by atoms with Crippen molar-refractivity contribution in [2.45, 2.75) is 13.8 Å². The Morgan fingerprint density at radius 2 is 1.83 bits per heavy atom. The van der Waals surface area contributed by atoms with Gasteiger partial charge in [-0.1, -0.05) is 17.7 Å². The molecule has 0 saturated carbocycles. The minimum atomic E-state index is -0.488. The standard InChI is InChI=1S/C17H19ClN2O4/c1-4-7-20-16(21)13(19-17(20)22)8-11-9-14(23-5-2)15(24-6-3)10-12(11)18/h4,8-10H,1,5-7H2,2-3H3,(H,19,22)/b13-8+. The molecular formula is C17H19ClN2O4. The summed E-state index contributed by atoms with van der Waals surface area (Å²) in [6.07, 6.45) is 3.00. The normalized spacial score (nSPS) is 15.6. The van der Waals surface area contributed by atoms with E-state index in [-0.39, 0.29) is 12.2 Å². The fourth-order valence-electron chi connectivity index (χ4n) is 2.22. The minimum absolute atomic E-state index is 0.142. The first-order valence-corrected chi connectivity index (χ1v) is 7.94. The lowest BCUT2D eigenvalue weighted by atomic mass is 10.1. The number of carbonyl (C=O) groups excluding carboxylic acids is 2. The van der Waals surface area contributed by atoms with Crippen LogP contribution in [0.2, 0.25) is 5.02 Å². The van der Waals surface area contributed by atoms with Crippen molar-refractivity contribution < 1.29 is 19.1 Å². The van der Waals surface area contributed by atoms with Gasteiger partial charge < -0.3 is 14.8 Å². The number of carbonyl (C=O) groups is 2. The van der Waals surface area contributed by atoms with Crippen molar-refractivity contribution in [1.82, 2.24) is 10.2 Å². The van der Waals surface area contributed by atoms with E-state index in [4.69, 9.17) is 21.1 Å². The maximum absolute atomic E-state index is 12.2. The highest BCUT2D eigenvalue weighted by Gasteiger charge is 2.32. The molecule has 0 unspecified atom stereocenters. The van der Waals surface area contributed by atoms with Gasteiger partial charge in [-0.05, 0) is 31.6 Å².